The lowest BCUT2D eigenvalue weighted by molar-refractivity contribution is -0.187. The van der Waals surface area contributed by atoms with Crippen molar-refractivity contribution in [1.29, 1.82) is 0 Å². The molecule has 0 unspecified atom stereocenters. The van der Waals surface area contributed by atoms with E-state index in [1.54, 1.807) is 0 Å². The number of aliphatic hydroxyl groups excluding tert-OH is 1. The molecule has 3 aliphatic rings. The second-order valence-corrected chi connectivity index (χ2v) is 6.00. The van der Waals surface area contributed by atoms with Crippen molar-refractivity contribution in [2.45, 2.75) is 37.6 Å². The monoisotopic (exact) mass is 284 g/mol. The smallest absolute Gasteiger partial charge is 0.236 e. The number of hydrogen-bond acceptors (Lipinski definition) is 5. The summed E-state index contributed by atoms with van der Waals surface area (Å²) in [4.78, 5) is 16.4. The zero-order valence-electron chi connectivity index (χ0n) is 11.9. The van der Waals surface area contributed by atoms with Gasteiger partial charge in [0.15, 0.2) is 5.79 Å². The molecule has 0 bridgehead atoms. The zero-order valence-corrected chi connectivity index (χ0v) is 11.9. The van der Waals surface area contributed by atoms with Crippen LogP contribution in [0.1, 0.15) is 25.7 Å². The number of likely N-dealkylation sites (tertiary alicyclic amines) is 2. The molecule has 6 nitrogen and oxygen atoms in total. The Labute approximate surface area is 119 Å². The first kappa shape index (κ1) is 14.3. The quantitative estimate of drug-likeness (QED) is 0.761. The van der Waals surface area contributed by atoms with Gasteiger partial charge in [0.05, 0.1) is 25.9 Å². The van der Waals surface area contributed by atoms with Crippen molar-refractivity contribution in [3.63, 3.8) is 0 Å². The summed E-state index contributed by atoms with van der Waals surface area (Å²) in [5, 5.41) is 9.48. The molecule has 3 saturated heterocycles. The fourth-order valence-electron chi connectivity index (χ4n) is 3.25. The van der Waals surface area contributed by atoms with Gasteiger partial charge < -0.3 is 19.5 Å². The molecular formula is C14H24N2O4. The summed E-state index contributed by atoms with van der Waals surface area (Å²) in [7, 11) is 0. The summed E-state index contributed by atoms with van der Waals surface area (Å²) in [5.74, 6) is -0.222. The Hall–Kier alpha value is -0.690. The summed E-state index contributed by atoms with van der Waals surface area (Å²) in [6.45, 7) is 4.88. The fraction of sp³-hybridized carbons (Fsp3) is 0.929. The number of rotatable bonds is 2. The topological polar surface area (TPSA) is 62.2 Å². The molecule has 114 valence electrons. The van der Waals surface area contributed by atoms with Crippen LogP contribution < -0.4 is 0 Å². The molecule has 1 spiro atoms. The summed E-state index contributed by atoms with van der Waals surface area (Å²) >= 11 is 0. The third-order valence-corrected chi connectivity index (χ3v) is 4.61. The molecule has 0 aliphatic carbocycles. The first-order chi connectivity index (χ1) is 9.67. The molecule has 3 aliphatic heterocycles. The van der Waals surface area contributed by atoms with Crippen molar-refractivity contribution in [1.82, 2.24) is 9.80 Å². The van der Waals surface area contributed by atoms with Gasteiger partial charge in [0.1, 0.15) is 0 Å². The third-order valence-electron chi connectivity index (χ3n) is 4.61. The maximum absolute atomic E-state index is 12.3. The Kier molecular flexibility index (Phi) is 4.26. The standard InChI is InChI=1S/C14H24N2O4/c17-12-1-5-15(6-2-12)11-13(18)16-7-3-14(4-8-16)19-9-10-20-14/h12,17H,1-11H2. The number of hydrogen-bond donors (Lipinski definition) is 1. The van der Waals surface area contributed by atoms with Gasteiger partial charge in [-0.05, 0) is 12.8 Å². The van der Waals surface area contributed by atoms with E-state index in [0.29, 0.717) is 19.8 Å². The highest BCUT2D eigenvalue weighted by atomic mass is 16.7. The number of carbonyl (C=O) groups excluding carboxylic acids is 1. The predicted octanol–water partition coefficient (Wildman–Crippen LogP) is -0.191. The molecule has 20 heavy (non-hydrogen) atoms. The van der Waals surface area contributed by atoms with Crippen LogP contribution in [0.25, 0.3) is 0 Å². The van der Waals surface area contributed by atoms with Gasteiger partial charge in [0.2, 0.25) is 5.91 Å². The molecular weight excluding hydrogens is 260 g/mol. The van der Waals surface area contributed by atoms with Crippen molar-refractivity contribution in [2.24, 2.45) is 0 Å². The number of carbonyl (C=O) groups is 1. The summed E-state index contributed by atoms with van der Waals surface area (Å²) in [6.07, 6.45) is 2.92. The largest absolute Gasteiger partial charge is 0.393 e. The number of piperidine rings is 2. The number of amides is 1. The van der Waals surface area contributed by atoms with E-state index in [1.807, 2.05) is 4.90 Å². The molecule has 0 aromatic carbocycles. The number of aliphatic hydroxyl groups is 1. The van der Waals surface area contributed by atoms with Crippen LogP contribution in [0.4, 0.5) is 0 Å². The lowest BCUT2D eigenvalue weighted by Crippen LogP contribution is -2.50. The van der Waals surface area contributed by atoms with Crippen molar-refractivity contribution in [2.75, 3.05) is 45.9 Å². The summed E-state index contributed by atoms with van der Waals surface area (Å²) in [5.41, 5.74) is 0. The Morgan fingerprint density at radius 1 is 1.10 bits per heavy atom. The van der Waals surface area contributed by atoms with E-state index in [9.17, 15) is 9.90 Å². The van der Waals surface area contributed by atoms with Crippen molar-refractivity contribution < 1.29 is 19.4 Å². The minimum atomic E-state index is -0.411. The molecule has 0 aromatic rings. The summed E-state index contributed by atoms with van der Waals surface area (Å²) in [6, 6.07) is 0. The van der Waals surface area contributed by atoms with Crippen LogP contribution in [0.15, 0.2) is 0 Å². The zero-order chi connectivity index (χ0) is 14.0. The van der Waals surface area contributed by atoms with Crippen LogP contribution in [0.3, 0.4) is 0 Å². The highest BCUT2D eigenvalue weighted by Gasteiger charge is 2.40. The molecule has 1 N–H and O–H groups in total. The van der Waals surface area contributed by atoms with Gasteiger partial charge in [-0.1, -0.05) is 0 Å². The molecule has 3 heterocycles. The maximum atomic E-state index is 12.3. The van der Waals surface area contributed by atoms with Gasteiger partial charge in [-0.15, -0.1) is 0 Å². The number of nitrogens with zero attached hydrogens (tertiary/aromatic N) is 2. The van der Waals surface area contributed by atoms with Gasteiger partial charge in [0.25, 0.3) is 0 Å². The van der Waals surface area contributed by atoms with Crippen LogP contribution >= 0.6 is 0 Å². The summed E-state index contributed by atoms with van der Waals surface area (Å²) < 4.78 is 11.3. The van der Waals surface area contributed by atoms with Crippen LogP contribution in [-0.2, 0) is 14.3 Å². The second kappa shape index (κ2) is 5.97. The van der Waals surface area contributed by atoms with E-state index in [1.165, 1.54) is 0 Å². The third kappa shape index (κ3) is 3.14. The SMILES string of the molecule is O=C(CN1CCC(O)CC1)N1CCC2(CC1)OCCO2. The molecule has 0 radical (unpaired) electrons. The van der Waals surface area contributed by atoms with Crippen molar-refractivity contribution in [3.8, 4) is 0 Å². The van der Waals surface area contributed by atoms with Crippen LogP contribution in [-0.4, -0.2) is 78.6 Å². The fourth-order valence-corrected chi connectivity index (χ4v) is 3.25. The molecule has 3 rings (SSSR count). The van der Waals surface area contributed by atoms with E-state index < -0.39 is 5.79 Å². The van der Waals surface area contributed by atoms with Gasteiger partial charge >= 0.3 is 0 Å². The normalized spacial score (nSPS) is 28.1. The molecule has 0 aromatic heterocycles. The average molecular weight is 284 g/mol. The van der Waals surface area contributed by atoms with E-state index in [2.05, 4.69) is 4.90 Å². The first-order valence-corrected chi connectivity index (χ1v) is 7.63. The average Bonchev–Trinajstić information content (AvgIpc) is 2.90. The van der Waals surface area contributed by atoms with Gasteiger partial charge in [-0.25, -0.2) is 0 Å². The minimum absolute atomic E-state index is 0.187. The van der Waals surface area contributed by atoms with E-state index in [4.69, 9.17) is 9.47 Å². The lowest BCUT2D eigenvalue weighted by Gasteiger charge is -2.38. The van der Waals surface area contributed by atoms with E-state index in [0.717, 1.165) is 51.9 Å². The molecule has 6 heteroatoms. The van der Waals surface area contributed by atoms with Gasteiger partial charge in [-0.3, -0.25) is 9.69 Å². The van der Waals surface area contributed by atoms with Crippen LogP contribution in [0.2, 0.25) is 0 Å². The minimum Gasteiger partial charge on any atom is -0.393 e. The molecule has 0 atom stereocenters. The Morgan fingerprint density at radius 2 is 1.70 bits per heavy atom. The number of ether oxygens (including phenoxy) is 2. The van der Waals surface area contributed by atoms with Crippen LogP contribution in [0, 0.1) is 0 Å². The highest BCUT2D eigenvalue weighted by molar-refractivity contribution is 5.78. The van der Waals surface area contributed by atoms with E-state index in [-0.39, 0.29) is 12.0 Å². The van der Waals surface area contributed by atoms with Crippen molar-refractivity contribution >= 4 is 5.91 Å². The Balaban J connectivity index is 1.44. The second-order valence-electron chi connectivity index (χ2n) is 6.00. The molecule has 1 amide bonds. The van der Waals surface area contributed by atoms with Gasteiger partial charge in [0, 0.05) is 39.0 Å². The molecule has 0 saturated carbocycles. The van der Waals surface area contributed by atoms with E-state index >= 15 is 0 Å². The Morgan fingerprint density at radius 3 is 2.30 bits per heavy atom. The maximum Gasteiger partial charge on any atom is 0.236 e. The highest BCUT2D eigenvalue weighted by Crippen LogP contribution is 2.31. The first-order valence-electron chi connectivity index (χ1n) is 7.63. The van der Waals surface area contributed by atoms with Crippen molar-refractivity contribution in [3.05, 3.63) is 0 Å². The van der Waals surface area contributed by atoms with Gasteiger partial charge in [-0.2, -0.15) is 0 Å². The van der Waals surface area contributed by atoms with Crippen LogP contribution in [0.5, 0.6) is 0 Å². The Bertz CT molecular complexity index is 339. The predicted molar refractivity (Wildman–Crippen MR) is 72.1 cm³/mol. The molecule has 3 fully saturated rings. The lowest BCUT2D eigenvalue weighted by atomic mass is 10.0.